The van der Waals surface area contributed by atoms with E-state index < -0.39 is 38.9 Å². The number of rotatable bonds is 8. The number of hydrogen-bond acceptors (Lipinski definition) is 8. The SMILES string of the molecule is CN(C1(C(=O)O)CC1(CN1CCOCC1)c1ccccc1)S(=O)(=O)c1ccc(-c2cc(C(F)(F)F)on2)s1. The first-order valence-electron chi connectivity index (χ1n) is 11.6. The van der Waals surface area contributed by atoms with Gasteiger partial charge in [-0.3, -0.25) is 9.69 Å². The predicted octanol–water partition coefficient (Wildman–Crippen LogP) is 3.54. The summed E-state index contributed by atoms with van der Waals surface area (Å²) in [6, 6.07) is 12.2. The van der Waals surface area contributed by atoms with Crippen molar-refractivity contribution in [1.82, 2.24) is 14.4 Å². The number of benzene rings is 1. The maximum Gasteiger partial charge on any atom is 0.452 e. The molecule has 2 aliphatic rings. The van der Waals surface area contributed by atoms with Crippen molar-refractivity contribution in [3.05, 3.63) is 59.9 Å². The Balaban J connectivity index is 1.50. The lowest BCUT2D eigenvalue weighted by atomic mass is 9.89. The van der Waals surface area contributed by atoms with Crippen LogP contribution in [-0.4, -0.2) is 79.3 Å². The molecule has 2 fully saturated rings. The van der Waals surface area contributed by atoms with Crippen molar-refractivity contribution in [1.29, 1.82) is 0 Å². The number of likely N-dealkylation sites (N-methyl/N-ethyl adjacent to an activating group) is 1. The maximum absolute atomic E-state index is 13.8. The van der Waals surface area contributed by atoms with Gasteiger partial charge < -0.3 is 14.4 Å². The fourth-order valence-electron chi connectivity index (χ4n) is 5.20. The highest BCUT2D eigenvalue weighted by Crippen LogP contribution is 2.62. The molecule has 1 aliphatic heterocycles. The van der Waals surface area contributed by atoms with Crippen LogP contribution in [0.1, 0.15) is 17.7 Å². The van der Waals surface area contributed by atoms with E-state index in [1.165, 1.54) is 19.2 Å². The lowest BCUT2D eigenvalue weighted by molar-refractivity contribution is -0.155. The van der Waals surface area contributed by atoms with Crippen LogP contribution in [0.15, 0.2) is 57.3 Å². The van der Waals surface area contributed by atoms with Gasteiger partial charge in [0.05, 0.1) is 18.1 Å². The number of aliphatic carboxylic acids is 1. The number of thiophene rings is 1. The summed E-state index contributed by atoms with van der Waals surface area (Å²) in [5, 5.41) is 13.9. The van der Waals surface area contributed by atoms with Crippen molar-refractivity contribution < 1.29 is 40.8 Å². The van der Waals surface area contributed by atoms with Gasteiger partial charge in [-0.2, -0.15) is 17.5 Å². The predicted molar refractivity (Wildman–Crippen MR) is 130 cm³/mol. The van der Waals surface area contributed by atoms with Crippen LogP contribution in [0.4, 0.5) is 13.2 Å². The smallest absolute Gasteiger partial charge is 0.452 e. The van der Waals surface area contributed by atoms with E-state index in [4.69, 9.17) is 4.74 Å². The minimum atomic E-state index is -4.74. The minimum absolute atomic E-state index is 0.0584. The Morgan fingerprint density at radius 2 is 1.87 bits per heavy atom. The molecular formula is C24H24F3N3O6S2. The lowest BCUT2D eigenvalue weighted by Gasteiger charge is -2.35. The molecule has 2 atom stereocenters. The molecule has 1 saturated carbocycles. The number of hydrogen-bond donors (Lipinski definition) is 1. The van der Waals surface area contributed by atoms with Crippen LogP contribution in [0.2, 0.25) is 0 Å². The number of aromatic nitrogens is 1. The van der Waals surface area contributed by atoms with E-state index in [2.05, 4.69) is 14.6 Å². The Morgan fingerprint density at radius 3 is 2.47 bits per heavy atom. The normalized spacial score (nSPS) is 24.6. The Labute approximate surface area is 220 Å². The fourth-order valence-corrected chi connectivity index (χ4v) is 8.15. The van der Waals surface area contributed by atoms with E-state index in [0.717, 1.165) is 4.31 Å². The van der Waals surface area contributed by atoms with E-state index in [9.17, 15) is 31.5 Å². The van der Waals surface area contributed by atoms with Gasteiger partial charge in [-0.15, -0.1) is 11.3 Å². The van der Waals surface area contributed by atoms with E-state index in [-0.39, 0.29) is 21.2 Å². The zero-order valence-electron chi connectivity index (χ0n) is 20.1. The molecule has 0 spiro atoms. The van der Waals surface area contributed by atoms with Gasteiger partial charge in [0.15, 0.2) is 0 Å². The van der Waals surface area contributed by atoms with E-state index in [0.29, 0.717) is 55.8 Å². The second kappa shape index (κ2) is 9.45. The summed E-state index contributed by atoms with van der Waals surface area (Å²) < 4.78 is 76.7. The van der Waals surface area contributed by atoms with Crippen molar-refractivity contribution in [2.45, 2.75) is 27.8 Å². The number of sulfonamides is 1. The number of nitrogens with zero attached hydrogens (tertiary/aromatic N) is 3. The first kappa shape index (κ1) is 26.8. The van der Waals surface area contributed by atoms with Gasteiger partial charge in [-0.1, -0.05) is 35.5 Å². The molecule has 2 aromatic heterocycles. The van der Waals surface area contributed by atoms with E-state index in [1.54, 1.807) is 30.3 Å². The zero-order valence-corrected chi connectivity index (χ0v) is 21.8. The second-order valence-corrected chi connectivity index (χ2v) is 12.6. The van der Waals surface area contributed by atoms with Crippen LogP contribution in [0.5, 0.6) is 0 Å². The summed E-state index contributed by atoms with van der Waals surface area (Å²) in [6.07, 6.45) is -4.68. The van der Waals surface area contributed by atoms with Crippen molar-refractivity contribution in [2.75, 3.05) is 39.9 Å². The third kappa shape index (κ3) is 4.33. The van der Waals surface area contributed by atoms with Crippen molar-refractivity contribution in [3.63, 3.8) is 0 Å². The Kier molecular flexibility index (Phi) is 6.67. The summed E-state index contributed by atoms with van der Waals surface area (Å²) in [6.45, 7) is 2.49. The van der Waals surface area contributed by atoms with Crippen LogP contribution in [-0.2, 0) is 31.1 Å². The minimum Gasteiger partial charge on any atom is -0.480 e. The van der Waals surface area contributed by atoms with Crippen LogP contribution < -0.4 is 0 Å². The molecule has 204 valence electrons. The largest absolute Gasteiger partial charge is 0.480 e. The van der Waals surface area contributed by atoms with Gasteiger partial charge in [0.2, 0.25) is 5.76 Å². The second-order valence-electron chi connectivity index (χ2n) is 9.34. The van der Waals surface area contributed by atoms with Crippen molar-refractivity contribution in [3.8, 4) is 10.6 Å². The number of morpholine rings is 1. The molecule has 1 aliphatic carbocycles. The molecule has 0 amide bonds. The molecule has 1 saturated heterocycles. The Bertz CT molecular complexity index is 1440. The Hall–Kier alpha value is -2.78. The highest BCUT2D eigenvalue weighted by molar-refractivity contribution is 7.91. The molecule has 1 aromatic carbocycles. The molecule has 5 rings (SSSR count). The molecule has 14 heteroatoms. The lowest BCUT2D eigenvalue weighted by Crippen LogP contribution is -2.53. The number of ether oxygens (including phenoxy) is 1. The van der Waals surface area contributed by atoms with Crippen LogP contribution in [0.3, 0.4) is 0 Å². The van der Waals surface area contributed by atoms with Gasteiger partial charge in [0.1, 0.15) is 15.4 Å². The summed E-state index contributed by atoms with van der Waals surface area (Å²) in [5.74, 6) is -2.58. The number of alkyl halides is 3. The third-order valence-electron chi connectivity index (χ3n) is 7.28. The van der Waals surface area contributed by atoms with Crippen LogP contribution in [0, 0.1) is 0 Å². The summed E-state index contributed by atoms with van der Waals surface area (Å²) in [5.41, 5.74) is -2.25. The molecule has 3 heterocycles. The summed E-state index contributed by atoms with van der Waals surface area (Å²) in [7, 11) is -3.12. The molecule has 9 nitrogen and oxygen atoms in total. The number of carboxylic acids is 1. The average molecular weight is 572 g/mol. The van der Waals surface area contributed by atoms with Crippen LogP contribution >= 0.6 is 11.3 Å². The molecule has 0 radical (unpaired) electrons. The van der Waals surface area contributed by atoms with Gasteiger partial charge >= 0.3 is 12.1 Å². The monoisotopic (exact) mass is 571 g/mol. The van der Waals surface area contributed by atoms with E-state index >= 15 is 0 Å². The van der Waals surface area contributed by atoms with E-state index in [1.807, 2.05) is 0 Å². The topological polar surface area (TPSA) is 113 Å². The molecule has 38 heavy (non-hydrogen) atoms. The van der Waals surface area contributed by atoms with Crippen molar-refractivity contribution in [2.24, 2.45) is 0 Å². The highest BCUT2D eigenvalue weighted by atomic mass is 32.2. The van der Waals surface area contributed by atoms with Crippen LogP contribution in [0.25, 0.3) is 10.6 Å². The maximum atomic E-state index is 13.8. The first-order valence-corrected chi connectivity index (χ1v) is 13.9. The third-order valence-corrected chi connectivity index (χ3v) is 10.7. The number of halogens is 3. The first-order chi connectivity index (χ1) is 17.9. The zero-order chi connectivity index (χ0) is 27.3. The Morgan fingerprint density at radius 1 is 1.18 bits per heavy atom. The summed E-state index contributed by atoms with van der Waals surface area (Å²) in [4.78, 5) is 15.1. The van der Waals surface area contributed by atoms with Crippen molar-refractivity contribution >= 4 is 27.3 Å². The molecule has 0 bridgehead atoms. The highest BCUT2D eigenvalue weighted by Gasteiger charge is 2.77. The number of carbonyl (C=O) groups is 1. The molecule has 1 N–H and O–H groups in total. The molecule has 2 unspecified atom stereocenters. The summed E-state index contributed by atoms with van der Waals surface area (Å²) >= 11 is 0.693. The fraction of sp³-hybridized carbons (Fsp3) is 0.417. The molecular weight excluding hydrogens is 547 g/mol. The van der Waals surface area contributed by atoms with Gasteiger partial charge in [-0.25, -0.2) is 8.42 Å². The quantitative estimate of drug-likeness (QED) is 0.437. The number of carboxylic acid groups (broad SMARTS) is 1. The average Bonchev–Trinajstić information content (AvgIpc) is 3.24. The standard InChI is InChI=1S/C24H24F3N3O6S2/c1-29(38(33,34)20-8-7-18(37-20)17-13-19(36-28-17)24(25,26)27)23(21(31)32)14-22(23,16-5-3-2-4-6-16)15-30-9-11-35-12-10-30/h2-8,13H,9-12,14-15H2,1H3,(H,31,32). The van der Waals surface area contributed by atoms with Gasteiger partial charge in [0.25, 0.3) is 10.0 Å². The van der Waals surface area contributed by atoms with Gasteiger partial charge in [-0.05, 0) is 24.1 Å². The van der Waals surface area contributed by atoms with Gasteiger partial charge in [0, 0.05) is 38.2 Å². The molecule has 3 aromatic rings.